The average Bonchev–Trinajstić information content (AvgIpc) is 3.63. The molecule has 0 unspecified atom stereocenters. The molecule has 278 valence electrons. The largest absolute Gasteiger partial charge is 0.472 e. The third-order valence-corrected chi connectivity index (χ3v) is 10.6. The number of alkyl carbamates (subject to hydrolysis) is 1. The number of carbonyl (C=O) groups is 4. The van der Waals surface area contributed by atoms with Gasteiger partial charge in [-0.15, -0.1) is 6.58 Å². The molecule has 1 aromatic carbocycles. The molecule has 2 aromatic rings. The Labute approximate surface area is 297 Å². The van der Waals surface area contributed by atoms with E-state index < -0.39 is 73.8 Å². The van der Waals surface area contributed by atoms with Gasteiger partial charge in [0.15, 0.2) is 11.5 Å². The maximum Gasteiger partial charge on any atom is 0.408 e. The van der Waals surface area contributed by atoms with Crippen molar-refractivity contribution in [1.29, 1.82) is 0 Å². The van der Waals surface area contributed by atoms with E-state index in [4.69, 9.17) is 18.9 Å². The van der Waals surface area contributed by atoms with Gasteiger partial charge in [0.1, 0.15) is 29.3 Å². The number of ether oxygens (including phenoxy) is 4. The van der Waals surface area contributed by atoms with E-state index in [1.54, 1.807) is 65.9 Å². The number of pyridine rings is 1. The number of nitrogens with one attached hydrogen (secondary N) is 3. The van der Waals surface area contributed by atoms with Gasteiger partial charge in [-0.05, 0) is 70.6 Å². The summed E-state index contributed by atoms with van der Waals surface area (Å²) < 4.78 is 50.4. The van der Waals surface area contributed by atoms with Gasteiger partial charge in [0.2, 0.25) is 34.5 Å². The summed E-state index contributed by atoms with van der Waals surface area (Å²) in [6, 6.07) is 2.96. The molecule has 16 heteroatoms. The highest BCUT2D eigenvalue weighted by atomic mass is 32.2. The Kier molecular flexibility index (Phi) is 10.2. The number of benzene rings is 1. The van der Waals surface area contributed by atoms with Crippen molar-refractivity contribution in [2.45, 2.75) is 109 Å². The molecule has 15 nitrogen and oxygen atoms in total. The van der Waals surface area contributed by atoms with Crippen LogP contribution in [0, 0.1) is 5.41 Å². The third kappa shape index (κ3) is 8.48. The van der Waals surface area contributed by atoms with E-state index in [1.807, 2.05) is 0 Å². The van der Waals surface area contributed by atoms with Crippen molar-refractivity contribution in [2.24, 2.45) is 5.41 Å². The molecular weight excluding hydrogens is 682 g/mol. The number of nitrogens with zero attached hydrogens (tertiary/aromatic N) is 2. The van der Waals surface area contributed by atoms with Crippen LogP contribution in [0.2, 0.25) is 0 Å². The van der Waals surface area contributed by atoms with Crippen LogP contribution in [0.3, 0.4) is 0 Å². The number of likely N-dealkylation sites (tertiary alicyclic amines) is 1. The quantitative estimate of drug-likeness (QED) is 0.288. The molecule has 1 saturated carbocycles. The fourth-order valence-corrected chi connectivity index (χ4v) is 7.42. The minimum Gasteiger partial charge on any atom is -0.472 e. The van der Waals surface area contributed by atoms with E-state index in [1.165, 1.54) is 17.9 Å². The minimum absolute atomic E-state index is 0.0182. The molecule has 2 aliphatic heterocycles. The van der Waals surface area contributed by atoms with Crippen LogP contribution in [0.1, 0.15) is 74.1 Å². The lowest BCUT2D eigenvalue weighted by atomic mass is 9.85. The molecule has 2 fully saturated rings. The van der Waals surface area contributed by atoms with Crippen LogP contribution in [-0.2, 0) is 29.1 Å². The Morgan fingerprint density at radius 1 is 1.06 bits per heavy atom. The molecule has 1 saturated heterocycles. The lowest BCUT2D eigenvalue weighted by Crippen LogP contribution is -2.62. The normalized spacial score (nSPS) is 20.6. The molecule has 3 N–H and O–H groups in total. The summed E-state index contributed by atoms with van der Waals surface area (Å²) in [5, 5.41) is 6.05. The summed E-state index contributed by atoms with van der Waals surface area (Å²) in [5.74, 6) is -0.868. The van der Waals surface area contributed by atoms with E-state index in [0.717, 1.165) is 0 Å². The number of hydrogen-bond acceptors (Lipinski definition) is 11. The van der Waals surface area contributed by atoms with Crippen molar-refractivity contribution >= 4 is 44.6 Å². The van der Waals surface area contributed by atoms with Crippen molar-refractivity contribution in [1.82, 2.24) is 25.2 Å². The van der Waals surface area contributed by atoms with Gasteiger partial charge in [-0.3, -0.25) is 19.1 Å². The molecule has 1 aliphatic carbocycles. The zero-order chi connectivity index (χ0) is 37.5. The highest BCUT2D eigenvalue weighted by Crippen LogP contribution is 2.41. The molecule has 5 rings (SSSR count). The summed E-state index contributed by atoms with van der Waals surface area (Å²) in [4.78, 5) is 60.7. The monoisotopic (exact) mass is 729 g/mol. The molecule has 51 heavy (non-hydrogen) atoms. The lowest BCUT2D eigenvalue weighted by Gasteiger charge is -2.36. The van der Waals surface area contributed by atoms with Gasteiger partial charge in [0.25, 0.3) is 5.91 Å². The first-order valence-electron chi connectivity index (χ1n) is 16.9. The molecule has 3 heterocycles. The number of carbonyl (C=O) groups excluding carboxylic acids is 4. The predicted molar refractivity (Wildman–Crippen MR) is 186 cm³/mol. The zero-order valence-corrected chi connectivity index (χ0v) is 30.8. The average molecular weight is 730 g/mol. The summed E-state index contributed by atoms with van der Waals surface area (Å²) in [6.07, 6.45) is 2.13. The van der Waals surface area contributed by atoms with Crippen LogP contribution in [0.4, 0.5) is 4.79 Å². The molecule has 4 amide bonds. The molecule has 4 atom stereocenters. The van der Waals surface area contributed by atoms with Crippen molar-refractivity contribution in [3.8, 4) is 17.4 Å². The summed E-state index contributed by atoms with van der Waals surface area (Å²) in [7, 11) is -3.93. The van der Waals surface area contributed by atoms with Crippen LogP contribution in [0.15, 0.2) is 37.1 Å². The first-order chi connectivity index (χ1) is 23.7. The number of rotatable bonds is 11. The van der Waals surface area contributed by atoms with Gasteiger partial charge < -0.3 is 34.5 Å². The first kappa shape index (κ1) is 37.7. The number of aromatic nitrogens is 1. The van der Waals surface area contributed by atoms with E-state index in [0.29, 0.717) is 35.1 Å². The summed E-state index contributed by atoms with van der Waals surface area (Å²) in [6.45, 7) is 15.5. The smallest absolute Gasteiger partial charge is 0.408 e. The van der Waals surface area contributed by atoms with E-state index in [2.05, 4.69) is 26.9 Å². The number of hydrogen-bond donors (Lipinski definition) is 3. The maximum absolute atomic E-state index is 14.4. The molecule has 3 aliphatic rings. The zero-order valence-electron chi connectivity index (χ0n) is 30.0. The standard InChI is InChI=1S/C35H47N5O10S/c1-9-15-35(8,31(43)39-51(45,46)21-10-11-21)38-28(41)24-17-20(49-29-23-12-13-25-26(48-19-47-25)22(23)14-16-36-29)18-40(24)30(42)27(33(2,3)4)37-32(44)50-34(5,6)7/h9,12-14,16,20-21,24,27H,1,10-11,15,17-19H2,2-8H3,(H,37,44)(H,38,41)(H,39,43)/t20-,24-,27-,35+/m1/s1. The topological polar surface area (TPSA) is 192 Å². The predicted octanol–water partition coefficient (Wildman–Crippen LogP) is 3.31. The molecule has 0 bridgehead atoms. The highest BCUT2D eigenvalue weighted by molar-refractivity contribution is 7.91. The number of amides is 4. The SMILES string of the molecule is C=CC[C@](C)(NC(=O)[C@H]1C[C@@H](Oc2nccc3c4c(ccc23)OCO4)CN1C(=O)[C@@H](NC(=O)OC(C)(C)C)C(C)(C)C)C(=O)NS(=O)(=O)C1CC1. The maximum atomic E-state index is 14.4. The minimum atomic E-state index is -3.93. The molecular formula is C35H47N5O10S. The summed E-state index contributed by atoms with van der Waals surface area (Å²) >= 11 is 0. The molecule has 0 spiro atoms. The fourth-order valence-electron chi connectivity index (χ4n) is 6.01. The number of sulfonamides is 1. The van der Waals surface area contributed by atoms with Gasteiger partial charge in [-0.2, -0.15) is 0 Å². The van der Waals surface area contributed by atoms with Crippen LogP contribution in [0.5, 0.6) is 17.4 Å². The van der Waals surface area contributed by atoms with Crippen LogP contribution < -0.4 is 29.6 Å². The van der Waals surface area contributed by atoms with Crippen LogP contribution in [-0.4, -0.2) is 90.0 Å². The second kappa shape index (κ2) is 13.8. The van der Waals surface area contributed by atoms with Gasteiger partial charge in [0, 0.05) is 23.4 Å². The second-order valence-corrected chi connectivity index (χ2v) is 17.4. The van der Waals surface area contributed by atoms with Crippen molar-refractivity contribution in [3.63, 3.8) is 0 Å². The summed E-state index contributed by atoms with van der Waals surface area (Å²) in [5.41, 5.74) is -3.40. The van der Waals surface area contributed by atoms with Crippen LogP contribution >= 0.6 is 0 Å². The Hall–Kier alpha value is -4.60. The van der Waals surface area contributed by atoms with Gasteiger partial charge in [-0.1, -0.05) is 26.8 Å². The van der Waals surface area contributed by atoms with Gasteiger partial charge in [0.05, 0.1) is 11.8 Å². The van der Waals surface area contributed by atoms with Crippen molar-refractivity contribution in [2.75, 3.05) is 13.3 Å². The highest BCUT2D eigenvalue weighted by Gasteiger charge is 2.49. The van der Waals surface area contributed by atoms with Gasteiger partial charge in [-0.25, -0.2) is 18.2 Å². The van der Waals surface area contributed by atoms with Gasteiger partial charge >= 0.3 is 6.09 Å². The van der Waals surface area contributed by atoms with Crippen molar-refractivity contribution in [3.05, 3.63) is 37.1 Å². The molecule has 1 aromatic heterocycles. The van der Waals surface area contributed by atoms with E-state index in [-0.39, 0.29) is 32.1 Å². The number of fused-ring (bicyclic) bond motifs is 3. The van der Waals surface area contributed by atoms with Crippen LogP contribution in [0.25, 0.3) is 10.8 Å². The van der Waals surface area contributed by atoms with E-state index >= 15 is 0 Å². The Balaban J connectivity index is 1.45. The van der Waals surface area contributed by atoms with Crippen molar-refractivity contribution < 1.29 is 46.5 Å². The first-order valence-corrected chi connectivity index (χ1v) is 18.4. The molecule has 0 radical (unpaired) electrons. The Morgan fingerprint density at radius 2 is 1.76 bits per heavy atom. The Bertz CT molecular complexity index is 1830. The lowest BCUT2D eigenvalue weighted by molar-refractivity contribution is -0.143. The third-order valence-electron chi connectivity index (χ3n) is 8.79. The second-order valence-electron chi connectivity index (χ2n) is 15.4. The fraction of sp³-hybridized carbons (Fsp3) is 0.571. The Morgan fingerprint density at radius 3 is 2.39 bits per heavy atom. The van der Waals surface area contributed by atoms with E-state index in [9.17, 15) is 27.6 Å².